The van der Waals surface area contributed by atoms with Crippen LogP contribution in [0, 0.1) is 0 Å². The van der Waals surface area contributed by atoms with Gasteiger partial charge in [0.05, 0.1) is 57.0 Å². The highest BCUT2D eigenvalue weighted by Gasteiger charge is 2.26. The Hall–Kier alpha value is -3.19. The largest absolute Gasteiger partial charge is 0.496 e. The Morgan fingerprint density at radius 3 is 2.50 bits per heavy atom. The molecule has 2 aromatic carbocycles. The lowest BCUT2D eigenvalue weighted by atomic mass is 10.1. The van der Waals surface area contributed by atoms with Crippen molar-refractivity contribution in [2.75, 3.05) is 40.3 Å². The number of aromatic nitrogens is 2. The molecule has 144 valence electrons. The van der Waals surface area contributed by atoms with E-state index < -0.39 is 0 Å². The summed E-state index contributed by atoms with van der Waals surface area (Å²) in [4.78, 5) is 20.9. The molecule has 2 heterocycles. The fourth-order valence-electron chi connectivity index (χ4n) is 3.39. The van der Waals surface area contributed by atoms with Gasteiger partial charge in [0.1, 0.15) is 5.75 Å². The molecule has 1 aromatic heterocycles. The van der Waals surface area contributed by atoms with Crippen LogP contribution in [0.25, 0.3) is 22.8 Å². The molecule has 3 aromatic rings. The summed E-state index contributed by atoms with van der Waals surface area (Å²) in [7, 11) is 3.75. The van der Waals surface area contributed by atoms with Crippen molar-refractivity contribution in [2.45, 2.75) is 0 Å². The van der Waals surface area contributed by atoms with E-state index in [1.54, 1.807) is 7.11 Å². The highest BCUT2D eigenvalue weighted by molar-refractivity contribution is 6.00. The van der Waals surface area contributed by atoms with Crippen LogP contribution in [0.15, 0.2) is 53.1 Å². The van der Waals surface area contributed by atoms with Crippen LogP contribution in [0.3, 0.4) is 0 Å². The zero-order valence-corrected chi connectivity index (χ0v) is 16.0. The van der Waals surface area contributed by atoms with Gasteiger partial charge in [0.15, 0.2) is 0 Å². The summed E-state index contributed by atoms with van der Waals surface area (Å²) >= 11 is 0. The monoisotopic (exact) mass is 379 g/mol. The quantitative estimate of drug-likeness (QED) is 0.742. The van der Waals surface area contributed by atoms with Gasteiger partial charge in [-0.25, -0.2) is 0 Å². The van der Waals surface area contributed by atoms with E-state index >= 15 is 0 Å². The number of nitrogens with zero attached hydrogens (tertiary/aromatic N) is 3. The SMILES string of the molecule is COc1ccccc1-c1noc(-c2ccccc2C(=O)N2CC[NH+](C)CC2)n1. The molecule has 0 radical (unpaired) electrons. The average molecular weight is 379 g/mol. The number of nitrogens with one attached hydrogen (secondary N) is 1. The summed E-state index contributed by atoms with van der Waals surface area (Å²) in [5, 5.41) is 4.10. The number of para-hydroxylation sites is 1. The fraction of sp³-hybridized carbons (Fsp3) is 0.286. The summed E-state index contributed by atoms with van der Waals surface area (Å²) in [5.74, 6) is 1.42. The number of quaternary nitrogens is 1. The van der Waals surface area contributed by atoms with Gasteiger partial charge >= 0.3 is 0 Å². The normalized spacial score (nSPS) is 14.9. The Morgan fingerprint density at radius 1 is 1.07 bits per heavy atom. The van der Waals surface area contributed by atoms with E-state index in [0.717, 1.165) is 31.7 Å². The van der Waals surface area contributed by atoms with Crippen LogP contribution in [0.4, 0.5) is 0 Å². The molecule has 1 fully saturated rings. The summed E-state index contributed by atoms with van der Waals surface area (Å²) < 4.78 is 10.9. The van der Waals surface area contributed by atoms with Crippen molar-refractivity contribution in [3.8, 4) is 28.6 Å². The Balaban J connectivity index is 1.66. The molecule has 0 bridgehead atoms. The zero-order valence-electron chi connectivity index (χ0n) is 16.0. The van der Waals surface area contributed by atoms with Gasteiger partial charge in [-0.15, -0.1) is 0 Å². The van der Waals surface area contributed by atoms with Crippen LogP contribution in [0.5, 0.6) is 5.75 Å². The molecule has 0 saturated carbocycles. The minimum atomic E-state index is 0.000131. The maximum Gasteiger partial charge on any atom is 0.259 e. The molecule has 1 saturated heterocycles. The second-order valence-corrected chi connectivity index (χ2v) is 6.92. The van der Waals surface area contributed by atoms with E-state index in [1.807, 2.05) is 53.4 Å². The number of hydrogen-bond acceptors (Lipinski definition) is 5. The van der Waals surface area contributed by atoms with Crippen LogP contribution < -0.4 is 9.64 Å². The van der Waals surface area contributed by atoms with Crippen LogP contribution in [-0.2, 0) is 0 Å². The van der Waals surface area contributed by atoms with Gasteiger partial charge in [-0.3, -0.25) is 4.79 Å². The van der Waals surface area contributed by atoms with Crippen LogP contribution in [0.2, 0.25) is 0 Å². The first-order valence-corrected chi connectivity index (χ1v) is 9.34. The molecule has 1 N–H and O–H groups in total. The standard InChI is InChI=1S/C21H22N4O3/c1-24-11-13-25(14-12-24)21(26)16-8-4-3-7-15(16)20-22-19(23-28-20)17-9-5-6-10-18(17)27-2/h3-10H,11-14H2,1-2H3/p+1. The van der Waals surface area contributed by atoms with Gasteiger partial charge < -0.3 is 19.1 Å². The van der Waals surface area contributed by atoms with E-state index in [9.17, 15) is 4.79 Å². The van der Waals surface area contributed by atoms with E-state index in [0.29, 0.717) is 28.6 Å². The van der Waals surface area contributed by atoms with Crippen molar-refractivity contribution >= 4 is 5.91 Å². The van der Waals surface area contributed by atoms with E-state index in [-0.39, 0.29) is 5.91 Å². The van der Waals surface area contributed by atoms with E-state index in [2.05, 4.69) is 17.2 Å². The third kappa shape index (κ3) is 3.48. The molecule has 1 aliphatic heterocycles. The third-order valence-corrected chi connectivity index (χ3v) is 5.07. The zero-order chi connectivity index (χ0) is 19.5. The number of benzene rings is 2. The number of ether oxygens (including phenoxy) is 1. The molecule has 0 spiro atoms. The number of methoxy groups -OCH3 is 1. The van der Waals surface area contributed by atoms with Gasteiger partial charge in [0, 0.05) is 0 Å². The van der Waals surface area contributed by atoms with Crippen molar-refractivity contribution in [2.24, 2.45) is 0 Å². The maximum absolute atomic E-state index is 13.1. The molecular formula is C21H23N4O3+. The van der Waals surface area contributed by atoms with E-state index in [1.165, 1.54) is 4.90 Å². The summed E-state index contributed by atoms with van der Waals surface area (Å²) in [6.07, 6.45) is 0. The average Bonchev–Trinajstić information content (AvgIpc) is 3.23. The molecule has 1 aliphatic rings. The predicted octanol–water partition coefficient (Wildman–Crippen LogP) is 1.38. The number of amides is 1. The Kier molecular flexibility index (Phi) is 5.08. The van der Waals surface area contributed by atoms with Gasteiger partial charge in [0.25, 0.3) is 11.8 Å². The van der Waals surface area contributed by atoms with Crippen molar-refractivity contribution in [1.29, 1.82) is 0 Å². The lowest BCUT2D eigenvalue weighted by Crippen LogP contribution is -3.12. The van der Waals surface area contributed by atoms with Crippen LogP contribution >= 0.6 is 0 Å². The Bertz CT molecular complexity index is 977. The van der Waals surface area contributed by atoms with Gasteiger partial charge in [-0.2, -0.15) is 4.98 Å². The van der Waals surface area contributed by atoms with Crippen molar-refractivity contribution in [3.05, 3.63) is 54.1 Å². The van der Waals surface area contributed by atoms with Crippen LogP contribution in [-0.4, -0.2) is 61.3 Å². The number of carbonyl (C=O) groups is 1. The second kappa shape index (κ2) is 7.82. The van der Waals surface area contributed by atoms with Gasteiger partial charge in [-0.05, 0) is 24.3 Å². The first kappa shape index (κ1) is 18.2. The van der Waals surface area contributed by atoms with E-state index in [4.69, 9.17) is 9.26 Å². The van der Waals surface area contributed by atoms with Crippen molar-refractivity contribution in [1.82, 2.24) is 15.0 Å². The lowest BCUT2D eigenvalue weighted by Gasteiger charge is -2.30. The Morgan fingerprint density at radius 2 is 1.75 bits per heavy atom. The Labute approximate surface area is 163 Å². The highest BCUT2D eigenvalue weighted by Crippen LogP contribution is 2.30. The molecule has 0 aliphatic carbocycles. The number of hydrogen-bond donors (Lipinski definition) is 1. The summed E-state index contributed by atoms with van der Waals surface area (Å²) in [6, 6.07) is 14.9. The van der Waals surface area contributed by atoms with Crippen molar-refractivity contribution in [3.63, 3.8) is 0 Å². The molecular weight excluding hydrogens is 356 g/mol. The number of rotatable bonds is 4. The molecule has 7 heteroatoms. The molecule has 7 nitrogen and oxygen atoms in total. The molecule has 0 unspecified atom stereocenters. The molecule has 0 atom stereocenters. The third-order valence-electron chi connectivity index (χ3n) is 5.07. The second-order valence-electron chi connectivity index (χ2n) is 6.92. The van der Waals surface area contributed by atoms with Crippen LogP contribution in [0.1, 0.15) is 10.4 Å². The minimum Gasteiger partial charge on any atom is -0.496 e. The predicted molar refractivity (Wildman–Crippen MR) is 104 cm³/mol. The number of likely N-dealkylation sites (N-methyl/N-ethyl adjacent to an activating group) is 1. The lowest BCUT2D eigenvalue weighted by molar-refractivity contribution is -0.883. The highest BCUT2D eigenvalue weighted by atomic mass is 16.5. The molecule has 1 amide bonds. The number of carbonyl (C=O) groups excluding carboxylic acids is 1. The molecule has 28 heavy (non-hydrogen) atoms. The smallest absolute Gasteiger partial charge is 0.259 e. The molecule has 4 rings (SSSR count). The number of piperazine rings is 1. The van der Waals surface area contributed by atoms with Crippen molar-refractivity contribution < 1.29 is 19.0 Å². The fourth-order valence-corrected chi connectivity index (χ4v) is 3.39. The first-order chi connectivity index (χ1) is 13.7. The summed E-state index contributed by atoms with van der Waals surface area (Å²) in [5.41, 5.74) is 1.97. The van der Waals surface area contributed by atoms with Gasteiger partial charge in [0.2, 0.25) is 5.82 Å². The minimum absolute atomic E-state index is 0.000131. The first-order valence-electron chi connectivity index (χ1n) is 9.34. The summed E-state index contributed by atoms with van der Waals surface area (Å²) in [6.45, 7) is 3.39. The van der Waals surface area contributed by atoms with Gasteiger partial charge in [-0.1, -0.05) is 29.4 Å². The maximum atomic E-state index is 13.1. The topological polar surface area (TPSA) is 72.9 Å².